The number of aromatic amines is 1. The van der Waals surface area contributed by atoms with Gasteiger partial charge in [0.1, 0.15) is 12.3 Å². The minimum atomic E-state index is -0.127. The van der Waals surface area contributed by atoms with Crippen molar-refractivity contribution in [2.24, 2.45) is 0 Å². The van der Waals surface area contributed by atoms with Crippen LogP contribution < -0.4 is 4.74 Å². The van der Waals surface area contributed by atoms with Crippen molar-refractivity contribution < 1.29 is 14.3 Å². The molecule has 0 saturated heterocycles. The predicted octanol–water partition coefficient (Wildman–Crippen LogP) is 7.03. The fraction of sp³-hybridized carbons (Fsp3) is 0.371. The lowest BCUT2D eigenvalue weighted by Crippen LogP contribution is -2.46. The number of aromatic nitrogens is 1. The van der Waals surface area contributed by atoms with E-state index in [2.05, 4.69) is 24.0 Å². The van der Waals surface area contributed by atoms with Crippen molar-refractivity contribution in [1.82, 2.24) is 14.8 Å². The second kappa shape index (κ2) is 14.5. The molecule has 41 heavy (non-hydrogen) atoms. The number of ether oxygens (including phenoxy) is 1. The molecule has 1 heterocycles. The number of carbonyl (C=O) groups excluding carboxylic acids is 2. The van der Waals surface area contributed by atoms with Crippen LogP contribution in [0.3, 0.4) is 0 Å². The number of para-hydroxylation sites is 2. The zero-order chi connectivity index (χ0) is 29.2. The molecule has 0 unspecified atom stereocenters. The van der Waals surface area contributed by atoms with Gasteiger partial charge in [-0.15, -0.1) is 0 Å². The number of hydrogen-bond acceptors (Lipinski definition) is 3. The summed E-state index contributed by atoms with van der Waals surface area (Å²) in [7, 11) is 1.64. The summed E-state index contributed by atoms with van der Waals surface area (Å²) < 4.78 is 5.58. The second-order valence-corrected chi connectivity index (χ2v) is 10.9. The van der Waals surface area contributed by atoms with E-state index in [-0.39, 0.29) is 24.4 Å². The number of nitrogens with zero attached hydrogens (tertiary/aromatic N) is 2. The lowest BCUT2D eigenvalue weighted by atomic mass is 10.0. The van der Waals surface area contributed by atoms with Gasteiger partial charge in [-0.3, -0.25) is 9.59 Å². The van der Waals surface area contributed by atoms with Gasteiger partial charge in [0.15, 0.2) is 0 Å². The molecule has 6 nitrogen and oxygen atoms in total. The zero-order valence-corrected chi connectivity index (χ0v) is 24.9. The van der Waals surface area contributed by atoms with Gasteiger partial charge in [-0.25, -0.2) is 0 Å². The monoisotopic (exact) mass is 553 g/mol. The van der Waals surface area contributed by atoms with E-state index < -0.39 is 0 Å². The molecular formula is C35H43N3O3. The van der Waals surface area contributed by atoms with E-state index in [0.717, 1.165) is 40.6 Å². The molecule has 1 N–H and O–H groups in total. The first-order chi connectivity index (χ1) is 19.9. The lowest BCUT2D eigenvalue weighted by molar-refractivity contribution is -0.132. The van der Waals surface area contributed by atoms with Gasteiger partial charge in [-0.2, -0.15) is 0 Å². The normalized spacial score (nSPS) is 11.1. The molecule has 0 saturated carbocycles. The van der Waals surface area contributed by atoms with Gasteiger partial charge in [0.05, 0.1) is 7.11 Å². The molecule has 0 aliphatic rings. The Morgan fingerprint density at radius 3 is 2.34 bits per heavy atom. The van der Waals surface area contributed by atoms with Gasteiger partial charge < -0.3 is 19.5 Å². The highest BCUT2D eigenvalue weighted by atomic mass is 16.5. The number of carbonyl (C=O) groups is 2. The van der Waals surface area contributed by atoms with E-state index in [4.69, 9.17) is 4.74 Å². The molecule has 0 radical (unpaired) electrons. The van der Waals surface area contributed by atoms with Gasteiger partial charge in [0.2, 0.25) is 5.91 Å². The van der Waals surface area contributed by atoms with Crippen molar-refractivity contribution in [1.29, 1.82) is 0 Å². The minimum Gasteiger partial charge on any atom is -0.496 e. The summed E-state index contributed by atoms with van der Waals surface area (Å²) in [4.78, 5) is 34.4. The standard InChI is InChI=1S/C35H43N3O3/c1-5-6-7-12-27-17-19-28(20-18-27)35(40)38(26(2)3)25-34(39)37(24-30-13-8-11-16-33(30)41-4)22-21-29-23-36-32-15-10-9-14-31(29)32/h8-11,13-20,23,26,36H,5-7,12,21-22,24-25H2,1-4H3. The first-order valence-electron chi connectivity index (χ1n) is 14.8. The molecule has 0 fully saturated rings. The van der Waals surface area contributed by atoms with Gasteiger partial charge in [0, 0.05) is 47.4 Å². The molecule has 216 valence electrons. The van der Waals surface area contributed by atoms with E-state index in [1.165, 1.54) is 18.4 Å². The molecule has 0 aliphatic heterocycles. The average molecular weight is 554 g/mol. The maximum Gasteiger partial charge on any atom is 0.254 e. The Bertz CT molecular complexity index is 1420. The Hall–Kier alpha value is -4.06. The molecule has 4 aromatic rings. The summed E-state index contributed by atoms with van der Waals surface area (Å²) in [6, 6.07) is 23.7. The second-order valence-electron chi connectivity index (χ2n) is 10.9. The number of amides is 2. The van der Waals surface area contributed by atoms with Gasteiger partial charge in [-0.1, -0.05) is 68.3 Å². The Morgan fingerprint density at radius 1 is 0.878 bits per heavy atom. The summed E-state index contributed by atoms with van der Waals surface area (Å²) in [5, 5.41) is 1.16. The van der Waals surface area contributed by atoms with Gasteiger partial charge in [-0.05, 0) is 68.5 Å². The number of aryl methyl sites for hydroxylation is 1. The van der Waals surface area contributed by atoms with E-state index in [1.54, 1.807) is 12.0 Å². The molecule has 6 heteroatoms. The Morgan fingerprint density at radius 2 is 1.61 bits per heavy atom. The molecule has 2 amide bonds. The van der Waals surface area contributed by atoms with Crippen LogP contribution in [0.25, 0.3) is 10.9 Å². The van der Waals surface area contributed by atoms with E-state index in [9.17, 15) is 9.59 Å². The third kappa shape index (κ3) is 7.78. The van der Waals surface area contributed by atoms with Crippen LogP contribution in [0, 0.1) is 0 Å². The fourth-order valence-corrected chi connectivity index (χ4v) is 5.22. The summed E-state index contributed by atoms with van der Waals surface area (Å²) in [5.41, 5.74) is 5.03. The third-order valence-corrected chi connectivity index (χ3v) is 7.69. The molecular weight excluding hydrogens is 510 g/mol. The van der Waals surface area contributed by atoms with Gasteiger partial charge in [0.25, 0.3) is 5.91 Å². The highest BCUT2D eigenvalue weighted by molar-refractivity contribution is 5.96. The quantitative estimate of drug-likeness (QED) is 0.171. The smallest absolute Gasteiger partial charge is 0.254 e. The first-order valence-corrected chi connectivity index (χ1v) is 14.8. The van der Waals surface area contributed by atoms with Crippen LogP contribution in [0.5, 0.6) is 5.75 Å². The van der Waals surface area contributed by atoms with Crippen molar-refractivity contribution in [3.05, 3.63) is 101 Å². The van der Waals surface area contributed by atoms with Crippen LogP contribution in [0.15, 0.2) is 79.0 Å². The van der Waals surface area contributed by atoms with Crippen LogP contribution in [0.2, 0.25) is 0 Å². The van der Waals surface area contributed by atoms with Gasteiger partial charge >= 0.3 is 0 Å². The molecule has 1 aromatic heterocycles. The number of nitrogens with one attached hydrogen (secondary N) is 1. The number of hydrogen-bond donors (Lipinski definition) is 1. The summed E-state index contributed by atoms with van der Waals surface area (Å²) in [6.45, 7) is 7.05. The Balaban J connectivity index is 1.52. The van der Waals surface area contributed by atoms with Crippen LogP contribution in [-0.2, 0) is 24.2 Å². The van der Waals surface area contributed by atoms with E-state index in [0.29, 0.717) is 25.1 Å². The van der Waals surface area contributed by atoms with Crippen molar-refractivity contribution in [2.45, 2.75) is 65.5 Å². The highest BCUT2D eigenvalue weighted by Gasteiger charge is 2.25. The molecule has 0 spiro atoms. The number of fused-ring (bicyclic) bond motifs is 1. The molecule has 0 bridgehead atoms. The van der Waals surface area contributed by atoms with Crippen LogP contribution in [0.1, 0.15) is 67.1 Å². The summed E-state index contributed by atoms with van der Waals surface area (Å²) in [5.74, 6) is 0.532. The third-order valence-electron chi connectivity index (χ3n) is 7.69. The van der Waals surface area contributed by atoms with Crippen LogP contribution >= 0.6 is 0 Å². The average Bonchev–Trinajstić information content (AvgIpc) is 3.41. The number of rotatable bonds is 14. The van der Waals surface area contributed by atoms with Crippen molar-refractivity contribution in [3.63, 3.8) is 0 Å². The summed E-state index contributed by atoms with van der Waals surface area (Å²) >= 11 is 0. The van der Waals surface area contributed by atoms with Crippen molar-refractivity contribution >= 4 is 22.7 Å². The van der Waals surface area contributed by atoms with Crippen LogP contribution in [-0.4, -0.2) is 52.8 Å². The fourth-order valence-electron chi connectivity index (χ4n) is 5.22. The molecule has 3 aromatic carbocycles. The molecule has 4 rings (SSSR count). The SMILES string of the molecule is CCCCCc1ccc(C(=O)N(CC(=O)N(CCc2c[nH]c3ccccc23)Cc2ccccc2OC)C(C)C)cc1. The maximum atomic E-state index is 13.9. The lowest BCUT2D eigenvalue weighted by Gasteiger charge is -2.30. The van der Waals surface area contributed by atoms with E-state index in [1.807, 2.05) is 85.6 Å². The number of benzene rings is 3. The maximum absolute atomic E-state index is 13.9. The molecule has 0 atom stereocenters. The number of methoxy groups -OCH3 is 1. The predicted molar refractivity (Wildman–Crippen MR) is 166 cm³/mol. The van der Waals surface area contributed by atoms with Crippen molar-refractivity contribution in [2.75, 3.05) is 20.2 Å². The zero-order valence-electron chi connectivity index (χ0n) is 24.9. The minimum absolute atomic E-state index is 0.0117. The Kier molecular flexibility index (Phi) is 10.6. The number of unbranched alkanes of at least 4 members (excludes halogenated alkanes) is 2. The Labute approximate surface area is 244 Å². The number of H-pyrrole nitrogens is 1. The topological polar surface area (TPSA) is 65.6 Å². The highest BCUT2D eigenvalue weighted by Crippen LogP contribution is 2.22. The van der Waals surface area contributed by atoms with Crippen LogP contribution in [0.4, 0.5) is 0 Å². The largest absolute Gasteiger partial charge is 0.496 e. The van der Waals surface area contributed by atoms with Crippen molar-refractivity contribution in [3.8, 4) is 5.75 Å². The molecule has 0 aliphatic carbocycles. The first kappa shape index (κ1) is 29.9. The summed E-state index contributed by atoms with van der Waals surface area (Å²) in [6.07, 6.45) is 7.27. The van der Waals surface area contributed by atoms with E-state index >= 15 is 0 Å².